The van der Waals surface area contributed by atoms with Gasteiger partial charge in [0.1, 0.15) is 10.8 Å². The molecule has 0 aliphatic carbocycles. The van der Waals surface area contributed by atoms with Crippen LogP contribution < -0.4 is 10.1 Å². The lowest BCUT2D eigenvalue weighted by Gasteiger charge is -2.08. The number of nitrogens with zero attached hydrogens (tertiary/aromatic N) is 1. The minimum absolute atomic E-state index is 0.227. The number of anilines is 1. The molecule has 1 heterocycles. The molecular weight excluding hydrogens is 316 g/mol. The van der Waals surface area contributed by atoms with Gasteiger partial charge in [0.15, 0.2) is 6.61 Å². The maximum Gasteiger partial charge on any atom is 0.341 e. The van der Waals surface area contributed by atoms with Crippen LogP contribution in [0.2, 0.25) is 0 Å². The van der Waals surface area contributed by atoms with Crippen LogP contribution in [0.5, 0.6) is 5.75 Å². The van der Waals surface area contributed by atoms with Gasteiger partial charge in [0.25, 0.3) is 5.91 Å². The molecule has 1 N–H and O–H groups in total. The van der Waals surface area contributed by atoms with Gasteiger partial charge in [0.2, 0.25) is 0 Å². The minimum atomic E-state index is -0.480. The molecule has 0 bridgehead atoms. The zero-order valence-corrected chi connectivity index (χ0v) is 13.2. The van der Waals surface area contributed by atoms with Crippen LogP contribution in [0.4, 0.5) is 5.00 Å². The number of esters is 1. The molecule has 0 aliphatic heterocycles. The first-order chi connectivity index (χ1) is 11.1. The lowest BCUT2D eigenvalue weighted by molar-refractivity contribution is -0.118. The highest BCUT2D eigenvalue weighted by molar-refractivity contribution is 7.14. The van der Waals surface area contributed by atoms with Gasteiger partial charge in [-0.05, 0) is 36.6 Å². The number of carbonyl (C=O) groups is 2. The largest absolute Gasteiger partial charge is 0.484 e. The average molecular weight is 330 g/mol. The summed E-state index contributed by atoms with van der Waals surface area (Å²) < 4.78 is 10.3. The number of ether oxygens (including phenoxy) is 2. The second-order valence-electron chi connectivity index (χ2n) is 4.36. The van der Waals surface area contributed by atoms with Gasteiger partial charge in [-0.3, -0.25) is 4.79 Å². The van der Waals surface area contributed by atoms with Crippen LogP contribution in [0.1, 0.15) is 22.8 Å². The molecule has 0 aliphatic rings. The van der Waals surface area contributed by atoms with Crippen molar-refractivity contribution in [1.82, 2.24) is 0 Å². The molecule has 6 nitrogen and oxygen atoms in total. The Morgan fingerprint density at radius 2 is 2.17 bits per heavy atom. The first-order valence-corrected chi connectivity index (χ1v) is 7.69. The predicted molar refractivity (Wildman–Crippen MR) is 85.6 cm³/mol. The summed E-state index contributed by atoms with van der Waals surface area (Å²) in [6.07, 6.45) is 0. The number of hydrogen-bond acceptors (Lipinski definition) is 6. The van der Waals surface area contributed by atoms with Gasteiger partial charge in [-0.25, -0.2) is 4.79 Å². The molecule has 0 saturated carbocycles. The van der Waals surface area contributed by atoms with E-state index in [1.165, 1.54) is 11.3 Å². The molecule has 118 valence electrons. The van der Waals surface area contributed by atoms with E-state index in [1.807, 2.05) is 6.07 Å². The number of thiophene rings is 1. The molecule has 0 saturated heterocycles. The lowest BCUT2D eigenvalue weighted by Crippen LogP contribution is -2.21. The molecule has 1 amide bonds. The van der Waals surface area contributed by atoms with Crippen molar-refractivity contribution >= 4 is 28.2 Å². The van der Waals surface area contributed by atoms with E-state index >= 15 is 0 Å². The molecule has 1 aromatic heterocycles. The molecule has 1 aromatic carbocycles. The zero-order valence-electron chi connectivity index (χ0n) is 12.4. The van der Waals surface area contributed by atoms with Crippen LogP contribution >= 0.6 is 11.3 Å². The van der Waals surface area contributed by atoms with Crippen molar-refractivity contribution in [2.24, 2.45) is 0 Å². The highest BCUT2D eigenvalue weighted by Crippen LogP contribution is 2.24. The zero-order chi connectivity index (χ0) is 16.7. The Hall–Kier alpha value is -2.85. The number of nitriles is 1. The van der Waals surface area contributed by atoms with E-state index in [0.717, 1.165) is 0 Å². The Kier molecular flexibility index (Phi) is 5.72. The number of hydrogen-bond donors (Lipinski definition) is 1. The van der Waals surface area contributed by atoms with Gasteiger partial charge in [-0.1, -0.05) is 6.07 Å². The highest BCUT2D eigenvalue weighted by Gasteiger charge is 2.16. The topological polar surface area (TPSA) is 88.4 Å². The second kappa shape index (κ2) is 7.96. The van der Waals surface area contributed by atoms with Crippen LogP contribution in [-0.2, 0) is 9.53 Å². The molecule has 0 unspecified atom stereocenters. The van der Waals surface area contributed by atoms with Crippen molar-refractivity contribution < 1.29 is 19.1 Å². The van der Waals surface area contributed by atoms with Gasteiger partial charge in [0.05, 0.1) is 23.8 Å². The average Bonchev–Trinajstić information content (AvgIpc) is 3.01. The Labute approximate surface area is 137 Å². The standard InChI is InChI=1S/C16H14N2O4S/c1-2-21-16(20)13-6-7-23-15(13)18-14(19)10-22-12-5-3-4-11(8-12)9-17/h3-8H,2,10H2,1H3,(H,18,19). The quantitative estimate of drug-likeness (QED) is 0.823. The number of benzene rings is 1. The predicted octanol–water partition coefficient (Wildman–Crippen LogP) is 2.81. The van der Waals surface area contributed by atoms with Gasteiger partial charge in [-0.15, -0.1) is 11.3 Å². The van der Waals surface area contributed by atoms with Crippen LogP contribution in [0, 0.1) is 11.3 Å². The fourth-order valence-corrected chi connectivity index (χ4v) is 2.53. The number of carbonyl (C=O) groups excluding carboxylic acids is 2. The van der Waals surface area contributed by atoms with Crippen LogP contribution in [0.15, 0.2) is 35.7 Å². The minimum Gasteiger partial charge on any atom is -0.484 e. The fraction of sp³-hybridized carbons (Fsp3) is 0.188. The third kappa shape index (κ3) is 4.56. The third-order valence-electron chi connectivity index (χ3n) is 2.75. The maximum atomic E-state index is 11.9. The number of nitrogens with one attached hydrogen (secondary N) is 1. The molecule has 2 rings (SSSR count). The summed E-state index contributed by atoms with van der Waals surface area (Å²) in [7, 11) is 0. The smallest absolute Gasteiger partial charge is 0.341 e. The van der Waals surface area contributed by atoms with Crippen molar-refractivity contribution in [3.8, 4) is 11.8 Å². The van der Waals surface area contributed by atoms with Crippen LogP contribution in [0.3, 0.4) is 0 Å². The molecule has 0 spiro atoms. The van der Waals surface area contributed by atoms with Crippen molar-refractivity contribution in [2.45, 2.75) is 6.92 Å². The molecule has 2 aromatic rings. The molecule has 0 fully saturated rings. The summed E-state index contributed by atoms with van der Waals surface area (Å²) in [6, 6.07) is 10.1. The monoisotopic (exact) mass is 330 g/mol. The van der Waals surface area contributed by atoms with E-state index in [-0.39, 0.29) is 13.2 Å². The molecule has 7 heteroatoms. The van der Waals surface area contributed by atoms with E-state index in [2.05, 4.69) is 5.32 Å². The molecule has 0 radical (unpaired) electrons. The summed E-state index contributed by atoms with van der Waals surface area (Å²) in [6.45, 7) is 1.75. The van der Waals surface area contributed by atoms with Gasteiger partial charge < -0.3 is 14.8 Å². The van der Waals surface area contributed by atoms with Gasteiger partial charge >= 0.3 is 5.97 Å². The summed E-state index contributed by atoms with van der Waals surface area (Å²) in [5.41, 5.74) is 0.766. The van der Waals surface area contributed by atoms with E-state index < -0.39 is 11.9 Å². The SMILES string of the molecule is CCOC(=O)c1ccsc1NC(=O)COc1cccc(C#N)c1. The van der Waals surface area contributed by atoms with E-state index in [0.29, 0.717) is 21.9 Å². The Balaban J connectivity index is 1.94. The van der Waals surface area contributed by atoms with E-state index in [1.54, 1.807) is 42.6 Å². The van der Waals surface area contributed by atoms with Gasteiger partial charge in [0, 0.05) is 0 Å². The summed E-state index contributed by atoms with van der Waals surface area (Å²) in [4.78, 5) is 23.7. The summed E-state index contributed by atoms with van der Waals surface area (Å²) in [5.74, 6) is -0.456. The van der Waals surface area contributed by atoms with E-state index in [9.17, 15) is 9.59 Å². The Bertz CT molecular complexity index is 749. The maximum absolute atomic E-state index is 11.9. The van der Waals surface area contributed by atoms with Crippen LogP contribution in [0.25, 0.3) is 0 Å². The highest BCUT2D eigenvalue weighted by atomic mass is 32.1. The van der Waals surface area contributed by atoms with Crippen molar-refractivity contribution in [1.29, 1.82) is 5.26 Å². The molecular formula is C16H14N2O4S. The first kappa shape index (κ1) is 16.5. The molecule has 0 atom stereocenters. The second-order valence-corrected chi connectivity index (χ2v) is 5.28. The number of rotatable bonds is 6. The lowest BCUT2D eigenvalue weighted by atomic mass is 10.2. The van der Waals surface area contributed by atoms with Crippen molar-refractivity contribution in [3.63, 3.8) is 0 Å². The summed E-state index contributed by atoms with van der Waals surface area (Å²) in [5, 5.41) is 13.5. The normalized spacial score (nSPS) is 9.74. The fourth-order valence-electron chi connectivity index (χ4n) is 1.74. The van der Waals surface area contributed by atoms with Gasteiger partial charge in [-0.2, -0.15) is 5.26 Å². The van der Waals surface area contributed by atoms with E-state index in [4.69, 9.17) is 14.7 Å². The van der Waals surface area contributed by atoms with Crippen molar-refractivity contribution in [3.05, 3.63) is 46.8 Å². The van der Waals surface area contributed by atoms with Crippen LogP contribution in [-0.4, -0.2) is 25.1 Å². The third-order valence-corrected chi connectivity index (χ3v) is 3.58. The summed E-state index contributed by atoms with van der Waals surface area (Å²) >= 11 is 1.23. The molecule has 23 heavy (non-hydrogen) atoms. The number of amides is 1. The Morgan fingerprint density at radius 1 is 1.35 bits per heavy atom. The first-order valence-electron chi connectivity index (χ1n) is 6.81. The Morgan fingerprint density at radius 3 is 2.91 bits per heavy atom. The van der Waals surface area contributed by atoms with Crippen molar-refractivity contribution in [2.75, 3.05) is 18.5 Å².